The third kappa shape index (κ3) is 3.20. The molecular formula is C12H20F2O3S. The predicted molar refractivity (Wildman–Crippen MR) is 63.9 cm³/mol. The molecule has 6 heteroatoms. The lowest BCUT2D eigenvalue weighted by Gasteiger charge is -2.26. The fourth-order valence-electron chi connectivity index (χ4n) is 3.57. The minimum Gasteiger partial charge on any atom is -0.281 e. The van der Waals surface area contributed by atoms with Gasteiger partial charge in [-0.2, -0.15) is 17.2 Å². The van der Waals surface area contributed by atoms with Gasteiger partial charge in [-0.3, -0.25) is 4.55 Å². The Kier molecular flexibility index (Phi) is 3.97. The molecule has 0 aromatic heterocycles. The molecule has 3 unspecified atom stereocenters. The van der Waals surface area contributed by atoms with Gasteiger partial charge in [-0.15, -0.1) is 0 Å². The summed E-state index contributed by atoms with van der Waals surface area (Å²) in [6, 6.07) is 0. The second-order valence-electron chi connectivity index (χ2n) is 5.89. The van der Waals surface area contributed by atoms with Crippen molar-refractivity contribution in [3.8, 4) is 0 Å². The van der Waals surface area contributed by atoms with Crippen LogP contribution in [0.3, 0.4) is 0 Å². The summed E-state index contributed by atoms with van der Waals surface area (Å²) in [7, 11) is -5.27. The number of hydrogen-bond donors (Lipinski definition) is 1. The first-order valence-electron chi connectivity index (χ1n) is 6.63. The fourth-order valence-corrected chi connectivity index (χ4v) is 4.01. The molecule has 0 aromatic rings. The average molecular weight is 282 g/mol. The number of halogens is 2. The molecule has 2 aliphatic rings. The summed E-state index contributed by atoms with van der Waals surface area (Å²) in [6.45, 7) is 0. The van der Waals surface area contributed by atoms with Crippen LogP contribution in [0.1, 0.15) is 51.4 Å². The van der Waals surface area contributed by atoms with E-state index in [-0.39, 0.29) is 5.92 Å². The highest BCUT2D eigenvalue weighted by molar-refractivity contribution is 7.86. The summed E-state index contributed by atoms with van der Waals surface area (Å²) in [6.07, 6.45) is 5.94. The second-order valence-corrected chi connectivity index (χ2v) is 7.44. The minimum absolute atomic E-state index is 0.286. The van der Waals surface area contributed by atoms with E-state index in [4.69, 9.17) is 4.55 Å². The van der Waals surface area contributed by atoms with Crippen molar-refractivity contribution < 1.29 is 21.8 Å². The molecule has 0 amide bonds. The Morgan fingerprint density at radius 1 is 1.06 bits per heavy atom. The van der Waals surface area contributed by atoms with E-state index in [9.17, 15) is 17.2 Å². The van der Waals surface area contributed by atoms with Gasteiger partial charge in [0.1, 0.15) is 0 Å². The molecule has 0 aromatic carbocycles. The lowest BCUT2D eigenvalue weighted by molar-refractivity contribution is 0.0449. The van der Waals surface area contributed by atoms with Crippen molar-refractivity contribution in [3.63, 3.8) is 0 Å². The Labute approximate surface area is 107 Å². The van der Waals surface area contributed by atoms with Crippen LogP contribution in [0.2, 0.25) is 0 Å². The molecule has 0 saturated heterocycles. The van der Waals surface area contributed by atoms with E-state index in [2.05, 4.69) is 0 Å². The Morgan fingerprint density at radius 2 is 1.72 bits per heavy atom. The zero-order chi connectivity index (χ0) is 13.4. The van der Waals surface area contributed by atoms with E-state index in [0.29, 0.717) is 18.8 Å². The zero-order valence-electron chi connectivity index (χ0n) is 10.3. The van der Waals surface area contributed by atoms with Crippen molar-refractivity contribution in [2.75, 3.05) is 0 Å². The number of fused-ring (bicyclic) bond motifs is 2. The van der Waals surface area contributed by atoms with E-state index < -0.39 is 21.8 Å². The Hall–Kier alpha value is -0.230. The summed E-state index contributed by atoms with van der Waals surface area (Å²) in [5.41, 5.74) is 0. The van der Waals surface area contributed by atoms with Gasteiger partial charge in [0.25, 0.3) is 0 Å². The smallest absolute Gasteiger partial charge is 0.281 e. The van der Waals surface area contributed by atoms with Crippen LogP contribution in [0.15, 0.2) is 0 Å². The first-order chi connectivity index (χ1) is 8.28. The van der Waals surface area contributed by atoms with Crippen molar-refractivity contribution in [3.05, 3.63) is 0 Å². The SMILES string of the molecule is O=S(=O)(O)C(F)(F)CC1CCCC2CCC(C2)C1. The molecule has 3 nitrogen and oxygen atoms in total. The van der Waals surface area contributed by atoms with E-state index >= 15 is 0 Å². The zero-order valence-corrected chi connectivity index (χ0v) is 11.1. The van der Waals surface area contributed by atoms with Gasteiger partial charge in [-0.1, -0.05) is 32.1 Å². The highest BCUT2D eigenvalue weighted by atomic mass is 32.2. The highest BCUT2D eigenvalue weighted by Crippen LogP contribution is 2.44. The molecule has 0 aliphatic heterocycles. The summed E-state index contributed by atoms with van der Waals surface area (Å²) in [5.74, 6) is 0.932. The molecule has 0 radical (unpaired) electrons. The molecule has 18 heavy (non-hydrogen) atoms. The molecule has 2 aliphatic carbocycles. The summed E-state index contributed by atoms with van der Waals surface area (Å²) >= 11 is 0. The molecular weight excluding hydrogens is 262 g/mol. The van der Waals surface area contributed by atoms with Gasteiger partial charge in [0, 0.05) is 6.42 Å². The van der Waals surface area contributed by atoms with E-state index in [1.807, 2.05) is 0 Å². The van der Waals surface area contributed by atoms with Gasteiger partial charge in [-0.05, 0) is 30.6 Å². The maximum Gasteiger partial charge on any atom is 0.370 e. The molecule has 1 N–H and O–H groups in total. The molecule has 0 heterocycles. The van der Waals surface area contributed by atoms with Crippen LogP contribution in [0.5, 0.6) is 0 Å². The van der Waals surface area contributed by atoms with Crippen LogP contribution in [-0.2, 0) is 10.1 Å². The third-order valence-electron chi connectivity index (χ3n) is 4.44. The first-order valence-corrected chi connectivity index (χ1v) is 8.07. The Morgan fingerprint density at radius 3 is 2.39 bits per heavy atom. The quantitative estimate of drug-likeness (QED) is 0.806. The van der Waals surface area contributed by atoms with Gasteiger partial charge in [0.05, 0.1) is 0 Å². The van der Waals surface area contributed by atoms with Crippen molar-refractivity contribution in [1.82, 2.24) is 0 Å². The van der Waals surface area contributed by atoms with E-state index in [0.717, 1.165) is 31.6 Å². The largest absolute Gasteiger partial charge is 0.370 e. The van der Waals surface area contributed by atoms with Crippen molar-refractivity contribution >= 4 is 10.1 Å². The Bertz CT molecular complexity index is 394. The summed E-state index contributed by atoms with van der Waals surface area (Å²) in [5, 5.41) is -3.99. The van der Waals surface area contributed by atoms with Gasteiger partial charge in [-0.25, -0.2) is 0 Å². The lowest BCUT2D eigenvalue weighted by Crippen LogP contribution is -2.31. The van der Waals surface area contributed by atoms with Crippen LogP contribution in [0.4, 0.5) is 8.78 Å². The topological polar surface area (TPSA) is 54.4 Å². The summed E-state index contributed by atoms with van der Waals surface area (Å²) < 4.78 is 56.6. The normalized spacial score (nSPS) is 34.1. The minimum atomic E-state index is -5.27. The molecule has 2 bridgehead atoms. The van der Waals surface area contributed by atoms with Crippen molar-refractivity contribution in [2.24, 2.45) is 17.8 Å². The first kappa shape index (κ1) is 14.2. The molecule has 2 saturated carbocycles. The van der Waals surface area contributed by atoms with E-state index in [1.165, 1.54) is 6.42 Å². The van der Waals surface area contributed by atoms with Crippen molar-refractivity contribution in [2.45, 2.75) is 56.6 Å². The number of alkyl halides is 2. The molecule has 2 rings (SSSR count). The average Bonchev–Trinajstić information content (AvgIpc) is 2.62. The standard InChI is InChI=1S/C12H20F2O3S/c13-12(14,18(15,16)17)8-11-3-1-2-9-4-5-10(6-9)7-11/h9-11H,1-8H2,(H,15,16,17). The highest BCUT2D eigenvalue weighted by Gasteiger charge is 2.46. The molecule has 0 spiro atoms. The van der Waals surface area contributed by atoms with Crippen LogP contribution in [0, 0.1) is 17.8 Å². The lowest BCUT2D eigenvalue weighted by atomic mass is 9.83. The van der Waals surface area contributed by atoms with Gasteiger partial charge in [0.2, 0.25) is 0 Å². The van der Waals surface area contributed by atoms with Gasteiger partial charge >= 0.3 is 15.4 Å². The number of rotatable bonds is 3. The maximum absolute atomic E-state index is 13.4. The monoisotopic (exact) mass is 282 g/mol. The van der Waals surface area contributed by atoms with Gasteiger partial charge in [0.15, 0.2) is 0 Å². The summed E-state index contributed by atoms with van der Waals surface area (Å²) in [4.78, 5) is 0. The fraction of sp³-hybridized carbons (Fsp3) is 1.00. The Balaban J connectivity index is 2.00. The molecule has 2 fully saturated rings. The van der Waals surface area contributed by atoms with Crippen molar-refractivity contribution in [1.29, 1.82) is 0 Å². The van der Waals surface area contributed by atoms with Gasteiger partial charge < -0.3 is 0 Å². The predicted octanol–water partition coefficient (Wildman–Crippen LogP) is 3.46. The molecule has 106 valence electrons. The molecule has 3 atom stereocenters. The number of hydrogen-bond acceptors (Lipinski definition) is 2. The van der Waals surface area contributed by atoms with Crippen LogP contribution >= 0.6 is 0 Å². The van der Waals surface area contributed by atoms with Crippen LogP contribution in [-0.4, -0.2) is 18.2 Å². The maximum atomic E-state index is 13.4. The third-order valence-corrected chi connectivity index (χ3v) is 5.37. The second kappa shape index (κ2) is 5.04. The van der Waals surface area contributed by atoms with E-state index in [1.54, 1.807) is 0 Å². The van der Waals surface area contributed by atoms with Crippen LogP contribution < -0.4 is 0 Å². The van der Waals surface area contributed by atoms with Crippen LogP contribution in [0.25, 0.3) is 0 Å².